The van der Waals surface area contributed by atoms with Crippen molar-refractivity contribution in [2.75, 3.05) is 13.1 Å². The lowest BCUT2D eigenvalue weighted by Gasteiger charge is -2.32. The van der Waals surface area contributed by atoms with E-state index in [-0.39, 0.29) is 37.0 Å². The van der Waals surface area contributed by atoms with Crippen LogP contribution >= 0.6 is 0 Å². The number of nitrogens with zero attached hydrogens (tertiary/aromatic N) is 2. The third kappa shape index (κ3) is 5.67. The molecule has 1 aliphatic heterocycles. The Labute approximate surface area is 203 Å². The zero-order chi connectivity index (χ0) is 24.9. The minimum atomic E-state index is -1.19. The largest absolute Gasteiger partial charge is 0.349 e. The smallest absolute Gasteiger partial charge is 0.264 e. The second kappa shape index (κ2) is 10.9. The summed E-state index contributed by atoms with van der Waals surface area (Å²) in [6, 6.07) is 9.99. The van der Waals surface area contributed by atoms with Crippen molar-refractivity contribution in [1.82, 2.24) is 15.1 Å². The Kier molecular flexibility index (Phi) is 7.75. The predicted octanol–water partition coefficient (Wildman–Crippen LogP) is 2.93. The third-order valence-corrected chi connectivity index (χ3v) is 6.71. The van der Waals surface area contributed by atoms with Gasteiger partial charge in [-0.25, -0.2) is 8.78 Å². The number of halogens is 2. The van der Waals surface area contributed by atoms with Gasteiger partial charge in [-0.1, -0.05) is 43.5 Å². The highest BCUT2D eigenvalue weighted by Crippen LogP contribution is 2.29. The average Bonchev–Trinajstić information content (AvgIpc) is 3.31. The van der Waals surface area contributed by atoms with Crippen LogP contribution in [0, 0.1) is 17.6 Å². The van der Waals surface area contributed by atoms with Crippen molar-refractivity contribution in [3.8, 4) is 0 Å². The second-order valence-electron chi connectivity index (χ2n) is 9.14. The van der Waals surface area contributed by atoms with Crippen molar-refractivity contribution in [1.29, 1.82) is 0 Å². The van der Waals surface area contributed by atoms with E-state index in [4.69, 9.17) is 5.73 Å². The molecular weight excluding hydrogens is 454 g/mol. The number of benzene rings is 2. The van der Waals surface area contributed by atoms with E-state index in [1.807, 2.05) is 24.3 Å². The standard InChI is InChI=1S/C26H30F2N4O3/c27-21-12-20(13-22(28)14-21)26(35)32-10-9-31(25(34)19-7-2-1-3-8-19)24(32)23(33)30-16-18-6-4-5-17(11-18)15-29/h4-6,11-14,19,24H,1-3,7-10,15-16,29H2,(H,30,33). The van der Waals surface area contributed by atoms with Crippen molar-refractivity contribution < 1.29 is 23.2 Å². The molecule has 0 radical (unpaired) electrons. The van der Waals surface area contributed by atoms with Gasteiger partial charge in [0.25, 0.3) is 11.8 Å². The van der Waals surface area contributed by atoms with Gasteiger partial charge >= 0.3 is 0 Å². The molecule has 2 fully saturated rings. The van der Waals surface area contributed by atoms with Gasteiger partial charge in [-0.05, 0) is 36.1 Å². The summed E-state index contributed by atoms with van der Waals surface area (Å²) in [4.78, 5) is 42.6. The van der Waals surface area contributed by atoms with Gasteiger partial charge in [0.1, 0.15) is 11.6 Å². The average molecular weight is 485 g/mol. The van der Waals surface area contributed by atoms with Crippen molar-refractivity contribution in [2.24, 2.45) is 11.7 Å². The van der Waals surface area contributed by atoms with Crippen LogP contribution in [0.2, 0.25) is 0 Å². The van der Waals surface area contributed by atoms with Crippen LogP contribution in [-0.2, 0) is 22.7 Å². The molecule has 2 aromatic rings. The molecule has 186 valence electrons. The van der Waals surface area contributed by atoms with E-state index in [0.717, 1.165) is 55.4 Å². The Morgan fingerprint density at radius 2 is 1.57 bits per heavy atom. The predicted molar refractivity (Wildman–Crippen MR) is 126 cm³/mol. The number of carbonyl (C=O) groups excluding carboxylic acids is 3. The molecule has 0 spiro atoms. The summed E-state index contributed by atoms with van der Waals surface area (Å²) in [5.74, 6) is -3.34. The first kappa shape index (κ1) is 24.8. The van der Waals surface area contributed by atoms with Gasteiger partial charge in [-0.15, -0.1) is 0 Å². The zero-order valence-corrected chi connectivity index (χ0v) is 19.5. The quantitative estimate of drug-likeness (QED) is 0.659. The van der Waals surface area contributed by atoms with E-state index in [9.17, 15) is 23.2 Å². The molecule has 1 heterocycles. The first-order chi connectivity index (χ1) is 16.9. The topological polar surface area (TPSA) is 95.7 Å². The van der Waals surface area contributed by atoms with Crippen LogP contribution in [0.5, 0.6) is 0 Å². The van der Waals surface area contributed by atoms with Crippen LogP contribution in [0.4, 0.5) is 8.78 Å². The van der Waals surface area contributed by atoms with Crippen molar-refractivity contribution in [2.45, 2.75) is 51.4 Å². The summed E-state index contributed by atoms with van der Waals surface area (Å²) in [7, 11) is 0. The SMILES string of the molecule is NCc1cccc(CNC(=O)C2N(C(=O)c3cc(F)cc(F)c3)CCN2C(=O)C2CCCCC2)c1. The van der Waals surface area contributed by atoms with E-state index < -0.39 is 29.6 Å². The fourth-order valence-electron chi connectivity index (χ4n) is 4.93. The van der Waals surface area contributed by atoms with Gasteiger partial charge in [0, 0.05) is 43.7 Å². The van der Waals surface area contributed by atoms with E-state index >= 15 is 0 Å². The summed E-state index contributed by atoms with van der Waals surface area (Å²) in [6.07, 6.45) is 3.27. The van der Waals surface area contributed by atoms with E-state index in [1.54, 1.807) is 0 Å². The molecule has 0 bridgehead atoms. The lowest BCUT2D eigenvalue weighted by molar-refractivity contribution is -0.145. The maximum atomic E-state index is 13.8. The number of hydrogen-bond donors (Lipinski definition) is 2. The first-order valence-electron chi connectivity index (χ1n) is 12.0. The van der Waals surface area contributed by atoms with Crippen LogP contribution < -0.4 is 11.1 Å². The molecule has 35 heavy (non-hydrogen) atoms. The fraction of sp³-hybridized carbons (Fsp3) is 0.423. The van der Waals surface area contributed by atoms with Gasteiger partial charge in [0.2, 0.25) is 5.91 Å². The third-order valence-electron chi connectivity index (χ3n) is 6.71. The van der Waals surface area contributed by atoms with Crippen LogP contribution in [0.3, 0.4) is 0 Å². The summed E-state index contributed by atoms with van der Waals surface area (Å²) >= 11 is 0. The number of amides is 3. The molecule has 1 saturated carbocycles. The van der Waals surface area contributed by atoms with Gasteiger partial charge in [-0.3, -0.25) is 14.4 Å². The molecule has 2 aromatic carbocycles. The lowest BCUT2D eigenvalue weighted by atomic mass is 9.88. The number of rotatable bonds is 6. The molecule has 4 rings (SSSR count). The maximum Gasteiger partial charge on any atom is 0.264 e. The normalized spacial score (nSPS) is 18.5. The molecule has 7 nitrogen and oxygen atoms in total. The Bertz CT molecular complexity index is 1080. The minimum absolute atomic E-state index is 0.0934. The maximum absolute atomic E-state index is 13.8. The van der Waals surface area contributed by atoms with Crippen molar-refractivity contribution in [3.63, 3.8) is 0 Å². The van der Waals surface area contributed by atoms with Crippen LogP contribution in [-0.4, -0.2) is 46.8 Å². The van der Waals surface area contributed by atoms with E-state index in [0.29, 0.717) is 12.6 Å². The molecule has 3 N–H and O–H groups in total. The number of nitrogens with two attached hydrogens (primary N) is 1. The molecule has 1 saturated heterocycles. The molecule has 1 atom stereocenters. The minimum Gasteiger partial charge on any atom is -0.349 e. The second-order valence-corrected chi connectivity index (χ2v) is 9.14. The van der Waals surface area contributed by atoms with Gasteiger partial charge in [0.05, 0.1) is 0 Å². The van der Waals surface area contributed by atoms with E-state index in [1.165, 1.54) is 9.80 Å². The number of carbonyl (C=O) groups is 3. The van der Waals surface area contributed by atoms with Gasteiger partial charge in [0.15, 0.2) is 6.17 Å². The van der Waals surface area contributed by atoms with Gasteiger partial charge in [-0.2, -0.15) is 0 Å². The molecule has 1 aliphatic carbocycles. The fourth-order valence-corrected chi connectivity index (χ4v) is 4.93. The van der Waals surface area contributed by atoms with Crippen LogP contribution in [0.15, 0.2) is 42.5 Å². The Balaban J connectivity index is 1.57. The number of nitrogens with one attached hydrogen (secondary N) is 1. The Morgan fingerprint density at radius 3 is 2.26 bits per heavy atom. The van der Waals surface area contributed by atoms with Crippen molar-refractivity contribution in [3.05, 3.63) is 70.8 Å². The zero-order valence-electron chi connectivity index (χ0n) is 19.5. The molecule has 9 heteroatoms. The van der Waals surface area contributed by atoms with E-state index in [2.05, 4.69) is 5.32 Å². The summed E-state index contributed by atoms with van der Waals surface area (Å²) in [5, 5.41) is 2.82. The molecular formula is C26H30F2N4O3. The molecule has 2 aliphatic rings. The highest BCUT2D eigenvalue weighted by Gasteiger charge is 2.44. The van der Waals surface area contributed by atoms with Gasteiger partial charge < -0.3 is 20.9 Å². The monoisotopic (exact) mass is 484 g/mol. The Hall–Kier alpha value is -3.33. The van der Waals surface area contributed by atoms with Crippen LogP contribution in [0.25, 0.3) is 0 Å². The summed E-state index contributed by atoms with van der Waals surface area (Å²) in [5.41, 5.74) is 7.23. The highest BCUT2D eigenvalue weighted by molar-refractivity contribution is 5.99. The molecule has 3 amide bonds. The first-order valence-corrected chi connectivity index (χ1v) is 12.0. The highest BCUT2D eigenvalue weighted by atomic mass is 19.1. The number of hydrogen-bond acceptors (Lipinski definition) is 4. The summed E-state index contributed by atoms with van der Waals surface area (Å²) in [6.45, 7) is 0.821. The lowest BCUT2D eigenvalue weighted by Crippen LogP contribution is -2.54. The van der Waals surface area contributed by atoms with Crippen molar-refractivity contribution >= 4 is 17.7 Å². The Morgan fingerprint density at radius 1 is 0.914 bits per heavy atom. The molecule has 1 unspecified atom stereocenters. The summed E-state index contributed by atoms with van der Waals surface area (Å²) < 4.78 is 27.6. The molecule has 0 aromatic heterocycles. The van der Waals surface area contributed by atoms with Crippen LogP contribution in [0.1, 0.15) is 53.6 Å².